The molecule has 6 nitrogen and oxygen atoms in total. The number of rotatable bonds is 2. The number of aromatic nitrogens is 2. The van der Waals surface area contributed by atoms with Gasteiger partial charge in [0.2, 0.25) is 0 Å². The van der Waals surface area contributed by atoms with E-state index in [2.05, 4.69) is 5.10 Å². The van der Waals surface area contributed by atoms with Crippen molar-refractivity contribution in [3.63, 3.8) is 0 Å². The summed E-state index contributed by atoms with van der Waals surface area (Å²) in [7, 11) is -2.02. The van der Waals surface area contributed by atoms with Gasteiger partial charge in [-0.3, -0.25) is 4.68 Å². The summed E-state index contributed by atoms with van der Waals surface area (Å²) in [6, 6.07) is -0.0956. The predicted octanol–water partition coefficient (Wildman–Crippen LogP) is -0.205. The van der Waals surface area contributed by atoms with Crippen molar-refractivity contribution >= 4 is 21.6 Å². The largest absolute Gasteiger partial charge is 0.326 e. The second-order valence-corrected chi connectivity index (χ2v) is 6.09. The second kappa shape index (κ2) is 3.99. The van der Waals surface area contributed by atoms with Crippen LogP contribution in [-0.2, 0) is 17.1 Å². The average molecular weight is 265 g/mol. The van der Waals surface area contributed by atoms with Gasteiger partial charge in [0.25, 0.3) is 10.0 Å². The van der Waals surface area contributed by atoms with Crippen molar-refractivity contribution < 1.29 is 8.42 Å². The Bertz CT molecular complexity index is 479. The molecule has 8 heteroatoms. The maximum Gasteiger partial charge on any atom is 0.261 e. The van der Waals surface area contributed by atoms with Crippen LogP contribution >= 0.6 is 11.6 Å². The highest BCUT2D eigenvalue weighted by Crippen LogP contribution is 2.25. The van der Waals surface area contributed by atoms with Crippen LogP contribution in [0.2, 0.25) is 5.02 Å². The highest BCUT2D eigenvalue weighted by Gasteiger charge is 2.34. The monoisotopic (exact) mass is 264 g/mol. The predicted molar refractivity (Wildman–Crippen MR) is 59.6 cm³/mol. The van der Waals surface area contributed by atoms with E-state index in [9.17, 15) is 8.42 Å². The molecular formula is C8H13ClN4O2S. The highest BCUT2D eigenvalue weighted by molar-refractivity contribution is 7.89. The summed E-state index contributed by atoms with van der Waals surface area (Å²) in [5.41, 5.74) is 5.69. The molecule has 0 radical (unpaired) electrons. The Morgan fingerprint density at radius 2 is 2.31 bits per heavy atom. The van der Waals surface area contributed by atoms with Crippen LogP contribution in [0.5, 0.6) is 0 Å². The van der Waals surface area contributed by atoms with E-state index in [4.69, 9.17) is 17.3 Å². The van der Waals surface area contributed by atoms with E-state index in [1.165, 1.54) is 15.2 Å². The summed E-state index contributed by atoms with van der Waals surface area (Å²) in [6.07, 6.45) is 2.00. The third-order valence-corrected chi connectivity index (χ3v) is 4.99. The van der Waals surface area contributed by atoms with E-state index in [1.54, 1.807) is 7.05 Å². The first-order valence-electron chi connectivity index (χ1n) is 4.86. The number of nitrogens with two attached hydrogens (primary N) is 1. The lowest BCUT2D eigenvalue weighted by Gasteiger charge is -2.15. The summed E-state index contributed by atoms with van der Waals surface area (Å²) < 4.78 is 27.0. The SMILES string of the molecule is Cn1ncc(Cl)c1S(=O)(=O)N1CC[C@@H](N)C1. The Labute approximate surface area is 99.0 Å². The summed E-state index contributed by atoms with van der Waals surface area (Å²) in [5, 5.41) is 3.99. The lowest BCUT2D eigenvalue weighted by Crippen LogP contribution is -2.33. The molecule has 1 aliphatic rings. The van der Waals surface area contributed by atoms with E-state index in [1.807, 2.05) is 0 Å². The summed E-state index contributed by atoms with van der Waals surface area (Å²) in [6.45, 7) is 0.773. The molecule has 1 aromatic rings. The van der Waals surface area contributed by atoms with Gasteiger partial charge in [0.1, 0.15) is 0 Å². The van der Waals surface area contributed by atoms with E-state index >= 15 is 0 Å². The van der Waals surface area contributed by atoms with Gasteiger partial charge in [-0.25, -0.2) is 8.42 Å². The van der Waals surface area contributed by atoms with Crippen molar-refractivity contribution in [2.24, 2.45) is 12.8 Å². The number of sulfonamides is 1. The van der Waals surface area contributed by atoms with E-state index in [0.29, 0.717) is 19.5 Å². The number of aryl methyl sites for hydroxylation is 1. The molecule has 0 bridgehead atoms. The van der Waals surface area contributed by atoms with E-state index in [0.717, 1.165) is 0 Å². The van der Waals surface area contributed by atoms with Gasteiger partial charge in [-0.1, -0.05) is 11.6 Å². The molecule has 0 aromatic carbocycles. The third kappa shape index (κ3) is 1.84. The quantitative estimate of drug-likeness (QED) is 0.802. The minimum Gasteiger partial charge on any atom is -0.326 e. The molecule has 0 aliphatic carbocycles. The van der Waals surface area contributed by atoms with Gasteiger partial charge in [0, 0.05) is 26.2 Å². The molecule has 0 spiro atoms. The minimum absolute atomic E-state index is 0.0308. The van der Waals surface area contributed by atoms with Gasteiger partial charge < -0.3 is 5.73 Å². The normalized spacial score (nSPS) is 22.8. The molecule has 1 fully saturated rings. The lowest BCUT2D eigenvalue weighted by atomic mass is 10.3. The molecule has 1 aromatic heterocycles. The van der Waals surface area contributed by atoms with Crippen LogP contribution in [0, 0.1) is 0 Å². The van der Waals surface area contributed by atoms with Crippen molar-refractivity contribution in [3.8, 4) is 0 Å². The van der Waals surface area contributed by atoms with Crippen LogP contribution in [0.25, 0.3) is 0 Å². The summed E-state index contributed by atoms with van der Waals surface area (Å²) in [5.74, 6) is 0. The highest BCUT2D eigenvalue weighted by atomic mass is 35.5. The Hall–Kier alpha value is -0.630. The van der Waals surface area contributed by atoms with Crippen molar-refractivity contribution in [2.45, 2.75) is 17.5 Å². The minimum atomic E-state index is -3.57. The van der Waals surface area contributed by atoms with Gasteiger partial charge in [-0.15, -0.1) is 0 Å². The average Bonchev–Trinajstić information content (AvgIpc) is 2.74. The smallest absolute Gasteiger partial charge is 0.261 e. The topological polar surface area (TPSA) is 81.2 Å². The maximum atomic E-state index is 12.2. The third-order valence-electron chi connectivity index (χ3n) is 2.61. The first kappa shape index (κ1) is 11.8. The van der Waals surface area contributed by atoms with Gasteiger partial charge >= 0.3 is 0 Å². The fourth-order valence-corrected chi connectivity index (χ4v) is 3.90. The number of hydrogen-bond acceptors (Lipinski definition) is 4. The van der Waals surface area contributed by atoms with Gasteiger partial charge in [0.05, 0.1) is 11.2 Å². The van der Waals surface area contributed by atoms with Crippen molar-refractivity contribution in [1.29, 1.82) is 0 Å². The molecule has 0 saturated carbocycles. The standard InChI is InChI=1S/C8H13ClN4O2S/c1-12-8(7(9)4-11-12)16(14,15)13-3-2-6(10)5-13/h4,6H,2-3,5,10H2,1H3/t6-/m1/s1. The molecule has 1 aliphatic heterocycles. The molecule has 1 saturated heterocycles. The fourth-order valence-electron chi connectivity index (χ4n) is 1.78. The summed E-state index contributed by atoms with van der Waals surface area (Å²) in [4.78, 5) is 0. The molecular weight excluding hydrogens is 252 g/mol. The fraction of sp³-hybridized carbons (Fsp3) is 0.625. The zero-order chi connectivity index (χ0) is 11.9. The molecule has 2 N–H and O–H groups in total. The van der Waals surface area contributed by atoms with Crippen LogP contribution in [0.1, 0.15) is 6.42 Å². The zero-order valence-electron chi connectivity index (χ0n) is 8.80. The van der Waals surface area contributed by atoms with Gasteiger partial charge in [0.15, 0.2) is 5.03 Å². The number of halogens is 1. The van der Waals surface area contributed by atoms with E-state index in [-0.39, 0.29) is 16.1 Å². The molecule has 2 heterocycles. The Morgan fingerprint density at radius 1 is 1.62 bits per heavy atom. The van der Waals surface area contributed by atoms with Crippen molar-refractivity contribution in [2.75, 3.05) is 13.1 Å². The number of hydrogen-bond donors (Lipinski definition) is 1. The van der Waals surface area contributed by atoms with Crippen LogP contribution in [0.3, 0.4) is 0 Å². The zero-order valence-corrected chi connectivity index (χ0v) is 10.4. The summed E-state index contributed by atoms with van der Waals surface area (Å²) >= 11 is 5.82. The molecule has 90 valence electrons. The first-order valence-corrected chi connectivity index (χ1v) is 6.68. The van der Waals surface area contributed by atoms with Crippen molar-refractivity contribution in [1.82, 2.24) is 14.1 Å². The van der Waals surface area contributed by atoms with Gasteiger partial charge in [-0.2, -0.15) is 9.40 Å². The van der Waals surface area contributed by atoms with E-state index < -0.39 is 10.0 Å². The van der Waals surface area contributed by atoms with Crippen LogP contribution in [-0.4, -0.2) is 41.6 Å². The van der Waals surface area contributed by atoms with Crippen LogP contribution in [0.15, 0.2) is 11.2 Å². The second-order valence-electron chi connectivity index (χ2n) is 3.83. The number of nitrogens with zero attached hydrogens (tertiary/aromatic N) is 3. The van der Waals surface area contributed by atoms with Crippen LogP contribution < -0.4 is 5.73 Å². The maximum absolute atomic E-state index is 12.2. The Balaban J connectivity index is 2.40. The molecule has 0 amide bonds. The molecule has 1 atom stereocenters. The Kier molecular flexibility index (Phi) is 2.95. The Morgan fingerprint density at radius 3 is 2.75 bits per heavy atom. The first-order chi connectivity index (χ1) is 7.43. The molecule has 2 rings (SSSR count). The van der Waals surface area contributed by atoms with Gasteiger partial charge in [-0.05, 0) is 6.42 Å². The van der Waals surface area contributed by atoms with Crippen LogP contribution in [0.4, 0.5) is 0 Å². The van der Waals surface area contributed by atoms with Crippen molar-refractivity contribution in [3.05, 3.63) is 11.2 Å². The molecule has 0 unspecified atom stereocenters. The lowest BCUT2D eigenvalue weighted by molar-refractivity contribution is 0.463. The molecule has 16 heavy (non-hydrogen) atoms.